The highest BCUT2D eigenvalue weighted by Crippen LogP contribution is 2.30. The van der Waals surface area contributed by atoms with E-state index in [1.54, 1.807) is 12.2 Å². The topological polar surface area (TPSA) is 78.4 Å². The van der Waals surface area contributed by atoms with E-state index in [1.807, 2.05) is 0 Å². The number of amides is 1. The number of hydrogen-bond donors (Lipinski definition) is 3. The molecule has 2 unspecified atom stereocenters. The van der Waals surface area contributed by atoms with Gasteiger partial charge in [0.2, 0.25) is 11.4 Å². The lowest BCUT2D eigenvalue weighted by molar-refractivity contribution is -0.207. The van der Waals surface area contributed by atoms with Gasteiger partial charge in [-0.15, -0.1) is 0 Å². The maximum absolute atomic E-state index is 12.7. The van der Waals surface area contributed by atoms with Gasteiger partial charge in [-0.3, -0.25) is 10.1 Å². The Hall–Kier alpha value is -1.31. The summed E-state index contributed by atoms with van der Waals surface area (Å²) in [4.78, 5) is 22.1. The summed E-state index contributed by atoms with van der Waals surface area (Å²) >= 11 is 0. The third-order valence-electron chi connectivity index (χ3n) is 2.44. The van der Waals surface area contributed by atoms with Gasteiger partial charge >= 0.3 is 12.1 Å². The van der Waals surface area contributed by atoms with Crippen LogP contribution in [0.1, 0.15) is 27.2 Å². The molecule has 0 aromatic rings. The fourth-order valence-electron chi connectivity index (χ4n) is 1.16. The van der Waals surface area contributed by atoms with Crippen LogP contribution in [0, 0.1) is 0 Å². The molecule has 18 heavy (non-hydrogen) atoms. The number of carboxylic acid groups (broad SMARTS) is 1. The largest absolute Gasteiger partial charge is 0.480 e. The quantitative estimate of drug-likeness (QED) is 0.670. The maximum atomic E-state index is 12.7. The van der Waals surface area contributed by atoms with Crippen LogP contribution in [0.15, 0.2) is 0 Å². The van der Waals surface area contributed by atoms with Gasteiger partial charge in [0.15, 0.2) is 0 Å². The second-order valence-electron chi connectivity index (χ2n) is 4.08. The van der Waals surface area contributed by atoms with E-state index in [9.17, 15) is 22.8 Å². The molecule has 0 aromatic carbocycles. The highest BCUT2D eigenvalue weighted by molar-refractivity contribution is 5.84. The Morgan fingerprint density at radius 2 is 1.83 bits per heavy atom. The van der Waals surface area contributed by atoms with Gasteiger partial charge in [-0.25, -0.2) is 4.79 Å². The van der Waals surface area contributed by atoms with Crippen LogP contribution in [0.3, 0.4) is 0 Å². The van der Waals surface area contributed by atoms with E-state index in [-0.39, 0.29) is 0 Å². The lowest BCUT2D eigenvalue weighted by Gasteiger charge is -2.31. The molecular formula is C10H17F3N2O3. The van der Waals surface area contributed by atoms with E-state index in [4.69, 9.17) is 5.11 Å². The van der Waals surface area contributed by atoms with Crippen LogP contribution >= 0.6 is 0 Å². The van der Waals surface area contributed by atoms with E-state index in [1.165, 1.54) is 6.92 Å². The van der Waals surface area contributed by atoms with Crippen molar-refractivity contribution in [2.45, 2.75) is 44.9 Å². The van der Waals surface area contributed by atoms with Gasteiger partial charge in [-0.05, 0) is 20.3 Å². The predicted molar refractivity (Wildman–Crippen MR) is 58.0 cm³/mol. The average Bonchev–Trinajstić information content (AvgIpc) is 2.23. The minimum Gasteiger partial charge on any atom is -0.480 e. The van der Waals surface area contributed by atoms with Crippen LogP contribution in [0.4, 0.5) is 13.2 Å². The molecule has 0 bridgehead atoms. The van der Waals surface area contributed by atoms with Crippen molar-refractivity contribution in [3.8, 4) is 0 Å². The minimum absolute atomic E-state index is 0.320. The zero-order valence-corrected chi connectivity index (χ0v) is 10.4. The SMILES string of the molecule is CCCNC(=O)C(C)NC(C)(C(=O)O)C(F)(F)F. The van der Waals surface area contributed by atoms with Crippen molar-refractivity contribution in [1.29, 1.82) is 0 Å². The number of nitrogens with one attached hydrogen (secondary N) is 2. The van der Waals surface area contributed by atoms with Crippen molar-refractivity contribution in [2.75, 3.05) is 6.54 Å². The van der Waals surface area contributed by atoms with Crippen molar-refractivity contribution in [2.24, 2.45) is 0 Å². The van der Waals surface area contributed by atoms with E-state index >= 15 is 0 Å². The Morgan fingerprint density at radius 1 is 1.33 bits per heavy atom. The molecule has 0 heterocycles. The molecule has 0 radical (unpaired) electrons. The van der Waals surface area contributed by atoms with Gasteiger partial charge in [0.1, 0.15) is 0 Å². The number of carbonyl (C=O) groups is 2. The fraction of sp³-hybridized carbons (Fsp3) is 0.800. The first-order chi connectivity index (χ1) is 8.06. The Labute approximate surface area is 103 Å². The number of hydrogen-bond acceptors (Lipinski definition) is 3. The van der Waals surface area contributed by atoms with E-state index in [0.29, 0.717) is 19.9 Å². The summed E-state index contributed by atoms with van der Waals surface area (Å²) < 4.78 is 38.0. The molecule has 3 N–H and O–H groups in total. The molecule has 0 rings (SSSR count). The molecule has 0 aliphatic heterocycles. The second-order valence-corrected chi connectivity index (χ2v) is 4.08. The third kappa shape index (κ3) is 3.86. The lowest BCUT2D eigenvalue weighted by atomic mass is 10.0. The Morgan fingerprint density at radius 3 is 2.17 bits per heavy atom. The van der Waals surface area contributed by atoms with E-state index < -0.39 is 29.6 Å². The highest BCUT2D eigenvalue weighted by atomic mass is 19.4. The van der Waals surface area contributed by atoms with Crippen LogP contribution in [0.25, 0.3) is 0 Å². The van der Waals surface area contributed by atoms with Gasteiger partial charge < -0.3 is 10.4 Å². The van der Waals surface area contributed by atoms with Crippen LogP contribution in [-0.2, 0) is 9.59 Å². The van der Waals surface area contributed by atoms with E-state index in [0.717, 1.165) is 0 Å². The van der Waals surface area contributed by atoms with Crippen molar-refractivity contribution in [3.63, 3.8) is 0 Å². The summed E-state index contributed by atoms with van der Waals surface area (Å²) in [5.74, 6) is -2.75. The van der Waals surface area contributed by atoms with Crippen LogP contribution in [0.5, 0.6) is 0 Å². The molecule has 0 spiro atoms. The fourth-order valence-corrected chi connectivity index (χ4v) is 1.16. The van der Waals surface area contributed by atoms with Crippen LogP contribution in [0.2, 0.25) is 0 Å². The molecule has 8 heteroatoms. The minimum atomic E-state index is -5.00. The molecule has 0 aromatic heterocycles. The Bertz CT molecular complexity index is 320. The summed E-state index contributed by atoms with van der Waals surface area (Å²) in [6.07, 6.45) is -4.37. The standard InChI is InChI=1S/C10H17F3N2O3/c1-4-5-14-7(16)6(2)15-9(3,8(17)18)10(11,12)13/h6,15H,4-5H2,1-3H3,(H,14,16)(H,17,18). The molecule has 0 saturated heterocycles. The summed E-state index contributed by atoms with van der Waals surface area (Å²) in [5, 5.41) is 12.8. The first-order valence-corrected chi connectivity index (χ1v) is 5.41. The number of rotatable bonds is 6. The van der Waals surface area contributed by atoms with Gasteiger partial charge in [0.25, 0.3) is 0 Å². The molecule has 106 valence electrons. The number of halogens is 3. The monoisotopic (exact) mass is 270 g/mol. The summed E-state index contributed by atoms with van der Waals surface area (Å²) in [5.41, 5.74) is -3.16. The van der Waals surface area contributed by atoms with Crippen LogP contribution < -0.4 is 10.6 Å². The normalized spacial score (nSPS) is 16.8. The number of carboxylic acids is 1. The van der Waals surface area contributed by atoms with Crippen LogP contribution in [-0.4, -0.2) is 41.3 Å². The number of aliphatic carboxylic acids is 1. The van der Waals surface area contributed by atoms with Crippen molar-refractivity contribution in [1.82, 2.24) is 10.6 Å². The second kappa shape index (κ2) is 6.03. The van der Waals surface area contributed by atoms with Crippen molar-refractivity contribution >= 4 is 11.9 Å². The Kier molecular flexibility index (Phi) is 5.59. The number of carbonyl (C=O) groups excluding carboxylic acids is 1. The highest BCUT2D eigenvalue weighted by Gasteiger charge is 2.58. The Balaban J connectivity index is 4.81. The van der Waals surface area contributed by atoms with Crippen molar-refractivity contribution < 1.29 is 27.9 Å². The van der Waals surface area contributed by atoms with Gasteiger partial charge in [-0.1, -0.05) is 6.92 Å². The smallest absolute Gasteiger partial charge is 0.417 e. The molecular weight excluding hydrogens is 253 g/mol. The lowest BCUT2D eigenvalue weighted by Crippen LogP contribution is -2.64. The maximum Gasteiger partial charge on any atom is 0.417 e. The van der Waals surface area contributed by atoms with Gasteiger partial charge in [0.05, 0.1) is 6.04 Å². The first-order valence-electron chi connectivity index (χ1n) is 5.41. The summed E-state index contributed by atoms with van der Waals surface area (Å²) in [6, 6.07) is -1.26. The van der Waals surface area contributed by atoms with E-state index in [2.05, 4.69) is 5.32 Å². The summed E-state index contributed by atoms with van der Waals surface area (Å²) in [6.45, 7) is 3.77. The van der Waals surface area contributed by atoms with Gasteiger partial charge in [-0.2, -0.15) is 13.2 Å². The molecule has 0 saturated carbocycles. The van der Waals surface area contributed by atoms with Gasteiger partial charge in [0, 0.05) is 6.54 Å². The molecule has 5 nitrogen and oxygen atoms in total. The molecule has 0 fully saturated rings. The number of alkyl halides is 3. The van der Waals surface area contributed by atoms with Crippen molar-refractivity contribution in [3.05, 3.63) is 0 Å². The zero-order valence-electron chi connectivity index (χ0n) is 10.4. The molecule has 0 aliphatic carbocycles. The predicted octanol–water partition coefficient (Wildman–Crippen LogP) is 0.896. The molecule has 2 atom stereocenters. The zero-order chi connectivity index (χ0) is 14.6. The summed E-state index contributed by atoms with van der Waals surface area (Å²) in [7, 11) is 0. The third-order valence-corrected chi connectivity index (χ3v) is 2.44. The molecule has 0 aliphatic rings. The molecule has 1 amide bonds. The average molecular weight is 270 g/mol. The first kappa shape index (κ1) is 16.7.